The van der Waals surface area contributed by atoms with E-state index in [0.717, 1.165) is 19.3 Å². The zero-order valence-electron chi connectivity index (χ0n) is 19.4. The number of aromatic nitrogens is 4. The number of fused-ring (bicyclic) bond motifs is 1. The van der Waals surface area contributed by atoms with Crippen molar-refractivity contribution in [2.24, 2.45) is 0 Å². The third-order valence-corrected chi connectivity index (χ3v) is 6.46. The number of nitrogens with two attached hydrogens (primary N) is 1. The Hall–Kier alpha value is -3.99. The number of anilines is 1. The summed E-state index contributed by atoms with van der Waals surface area (Å²) in [5.41, 5.74) is 6.99. The summed E-state index contributed by atoms with van der Waals surface area (Å²) in [5.74, 6) is 5.21. The van der Waals surface area contributed by atoms with Gasteiger partial charge < -0.3 is 35.3 Å². The molecule has 3 aromatic heterocycles. The number of aliphatic hydroxyl groups is 2. The molecular formula is C23H25N7O6. The zero-order chi connectivity index (χ0) is 25.4. The number of nitrogens with one attached hydrogen (secondary N) is 1. The first kappa shape index (κ1) is 23.7. The largest absolute Gasteiger partial charge is 0.472 e. The minimum atomic E-state index is -1.45. The average Bonchev–Trinajstić information content (AvgIpc) is 3.57. The van der Waals surface area contributed by atoms with Crippen molar-refractivity contribution in [2.45, 2.75) is 49.8 Å². The molecule has 0 spiro atoms. The Bertz CT molecular complexity index is 1340. The fourth-order valence-corrected chi connectivity index (χ4v) is 4.25. The summed E-state index contributed by atoms with van der Waals surface area (Å²) in [4.78, 5) is 39.3. The predicted octanol–water partition coefficient (Wildman–Crippen LogP) is -0.587. The predicted molar refractivity (Wildman–Crippen MR) is 124 cm³/mol. The Morgan fingerprint density at radius 2 is 2.11 bits per heavy atom. The lowest BCUT2D eigenvalue weighted by Gasteiger charge is -2.36. The van der Waals surface area contributed by atoms with Crippen LogP contribution in [0.3, 0.4) is 0 Å². The van der Waals surface area contributed by atoms with Crippen molar-refractivity contribution in [1.82, 2.24) is 29.7 Å². The highest BCUT2D eigenvalue weighted by molar-refractivity contribution is 5.94. The van der Waals surface area contributed by atoms with Crippen LogP contribution in [-0.2, 0) is 9.53 Å². The monoisotopic (exact) mass is 495 g/mol. The SMILES string of the molecule is CNC(=O)[C@H]1O[C@@H](n2cnc3c(N)nc(C#CCN(C(=O)c4ccoc4)C4CCC4)nc32)C(O)[C@@H]1O. The number of carbonyl (C=O) groups excluding carboxylic acids is 2. The molecule has 5 rings (SSSR count). The van der Waals surface area contributed by atoms with Crippen LogP contribution in [0, 0.1) is 11.8 Å². The maximum absolute atomic E-state index is 12.9. The van der Waals surface area contributed by atoms with Crippen LogP contribution < -0.4 is 11.1 Å². The van der Waals surface area contributed by atoms with Gasteiger partial charge in [0.2, 0.25) is 5.82 Å². The number of likely N-dealkylation sites (N-methyl/N-ethyl adjacent to an activating group) is 1. The third kappa shape index (κ3) is 4.15. The Balaban J connectivity index is 1.41. The van der Waals surface area contributed by atoms with Gasteiger partial charge in [-0.05, 0) is 31.2 Å². The molecule has 0 radical (unpaired) electrons. The van der Waals surface area contributed by atoms with Gasteiger partial charge in [-0.25, -0.2) is 15.0 Å². The number of rotatable bonds is 5. The van der Waals surface area contributed by atoms with E-state index in [2.05, 4.69) is 32.1 Å². The lowest BCUT2D eigenvalue weighted by atomic mass is 9.91. The molecule has 4 atom stereocenters. The van der Waals surface area contributed by atoms with E-state index in [1.807, 2.05) is 0 Å². The lowest BCUT2D eigenvalue weighted by Crippen LogP contribution is -2.44. The number of hydrogen-bond donors (Lipinski definition) is 4. The summed E-state index contributed by atoms with van der Waals surface area (Å²) >= 11 is 0. The third-order valence-electron chi connectivity index (χ3n) is 6.46. The van der Waals surface area contributed by atoms with Gasteiger partial charge in [0.25, 0.3) is 11.8 Å². The van der Waals surface area contributed by atoms with Crippen LogP contribution in [0.1, 0.15) is 41.7 Å². The van der Waals surface area contributed by atoms with Crippen molar-refractivity contribution >= 4 is 28.8 Å². The summed E-state index contributed by atoms with van der Waals surface area (Å²) in [5, 5.41) is 23.2. The maximum atomic E-state index is 12.9. The highest BCUT2D eigenvalue weighted by Gasteiger charge is 2.47. The first-order valence-electron chi connectivity index (χ1n) is 11.4. The number of imidazole rings is 1. The van der Waals surface area contributed by atoms with Gasteiger partial charge in [0.05, 0.1) is 24.7 Å². The molecule has 1 saturated heterocycles. The Labute approximate surface area is 205 Å². The highest BCUT2D eigenvalue weighted by atomic mass is 16.6. The molecule has 13 nitrogen and oxygen atoms in total. The fourth-order valence-electron chi connectivity index (χ4n) is 4.25. The second-order valence-electron chi connectivity index (χ2n) is 8.63. The number of hydrogen-bond acceptors (Lipinski definition) is 10. The van der Waals surface area contributed by atoms with Gasteiger partial charge in [-0.2, -0.15) is 0 Å². The molecule has 0 aromatic carbocycles. The van der Waals surface area contributed by atoms with Gasteiger partial charge in [0, 0.05) is 13.1 Å². The van der Waals surface area contributed by atoms with Crippen LogP contribution >= 0.6 is 0 Å². The second-order valence-corrected chi connectivity index (χ2v) is 8.63. The molecule has 1 unspecified atom stereocenters. The number of furan rings is 1. The molecule has 0 bridgehead atoms. The molecule has 2 amide bonds. The highest BCUT2D eigenvalue weighted by Crippen LogP contribution is 2.32. The molecule has 188 valence electrons. The fraction of sp³-hybridized carbons (Fsp3) is 0.435. The molecule has 4 heterocycles. The number of nitrogens with zero attached hydrogens (tertiary/aromatic N) is 5. The molecule has 13 heteroatoms. The summed E-state index contributed by atoms with van der Waals surface area (Å²) in [6.45, 7) is 0.166. The minimum absolute atomic E-state index is 0.0595. The average molecular weight is 495 g/mol. The summed E-state index contributed by atoms with van der Waals surface area (Å²) in [6, 6.07) is 1.73. The van der Waals surface area contributed by atoms with Gasteiger partial charge in [0.1, 0.15) is 24.0 Å². The zero-order valence-corrected chi connectivity index (χ0v) is 19.4. The second kappa shape index (κ2) is 9.57. The van der Waals surface area contributed by atoms with Crippen molar-refractivity contribution in [3.8, 4) is 11.8 Å². The topological polar surface area (TPSA) is 182 Å². The van der Waals surface area contributed by atoms with Gasteiger partial charge in [-0.15, -0.1) is 0 Å². The Kier molecular flexibility index (Phi) is 6.31. The van der Waals surface area contributed by atoms with Crippen molar-refractivity contribution in [3.05, 3.63) is 36.3 Å². The van der Waals surface area contributed by atoms with Crippen LogP contribution in [0.2, 0.25) is 0 Å². The van der Waals surface area contributed by atoms with Gasteiger partial charge in [-0.1, -0.05) is 5.92 Å². The van der Waals surface area contributed by atoms with E-state index in [4.69, 9.17) is 14.9 Å². The van der Waals surface area contributed by atoms with E-state index in [9.17, 15) is 19.8 Å². The molecule has 2 aliphatic rings. The van der Waals surface area contributed by atoms with Crippen molar-refractivity contribution in [1.29, 1.82) is 0 Å². The van der Waals surface area contributed by atoms with Crippen LogP contribution in [0.4, 0.5) is 5.82 Å². The first-order chi connectivity index (χ1) is 17.4. The van der Waals surface area contributed by atoms with Crippen LogP contribution in [0.15, 0.2) is 29.3 Å². The first-order valence-corrected chi connectivity index (χ1v) is 11.4. The standard InChI is InChI=1S/C23H25N7O6/c1-25-21(33)18-16(31)17(32)23(36-18)30-11-26-15-19(24)27-14(28-20(15)30)6-3-8-29(13-4-2-5-13)22(34)12-7-9-35-10-12/h7,9-11,13,16-18,23,31-32H,2,4-5,8H2,1H3,(H,25,33)(H2,24,27,28)/t16-,17?,18-,23+/m0/s1. The van der Waals surface area contributed by atoms with E-state index >= 15 is 0 Å². The van der Waals surface area contributed by atoms with E-state index in [0.29, 0.717) is 5.56 Å². The van der Waals surface area contributed by atoms with Crippen molar-refractivity contribution < 1.29 is 29.0 Å². The summed E-state index contributed by atoms with van der Waals surface area (Å²) < 4.78 is 12.0. The van der Waals surface area contributed by atoms with Crippen LogP contribution in [0.25, 0.3) is 11.2 Å². The van der Waals surface area contributed by atoms with Gasteiger partial charge in [0.15, 0.2) is 23.8 Å². The molecular weight excluding hydrogens is 470 g/mol. The van der Waals surface area contributed by atoms with Crippen LogP contribution in [0.5, 0.6) is 0 Å². The van der Waals surface area contributed by atoms with E-state index in [1.165, 1.54) is 30.5 Å². The Morgan fingerprint density at radius 1 is 1.31 bits per heavy atom. The van der Waals surface area contributed by atoms with Crippen molar-refractivity contribution in [2.75, 3.05) is 19.3 Å². The molecule has 2 fully saturated rings. The maximum Gasteiger partial charge on any atom is 0.258 e. The summed E-state index contributed by atoms with van der Waals surface area (Å²) in [7, 11) is 1.40. The normalized spacial score (nSPS) is 23.6. The molecule has 1 saturated carbocycles. The number of aliphatic hydroxyl groups excluding tert-OH is 2. The number of nitrogen functional groups attached to an aromatic ring is 1. The molecule has 36 heavy (non-hydrogen) atoms. The number of amides is 2. The quantitative estimate of drug-likeness (QED) is 0.334. The Morgan fingerprint density at radius 3 is 2.78 bits per heavy atom. The summed E-state index contributed by atoms with van der Waals surface area (Å²) in [6.07, 6.45) is 1.80. The lowest BCUT2D eigenvalue weighted by molar-refractivity contribution is -0.137. The molecule has 1 aliphatic carbocycles. The van der Waals surface area contributed by atoms with Crippen molar-refractivity contribution in [3.63, 3.8) is 0 Å². The van der Waals surface area contributed by atoms with Gasteiger partial charge in [-0.3, -0.25) is 14.2 Å². The van der Waals surface area contributed by atoms with E-state index in [-0.39, 0.29) is 41.3 Å². The molecule has 3 aromatic rings. The smallest absolute Gasteiger partial charge is 0.258 e. The molecule has 5 N–H and O–H groups in total. The molecule has 1 aliphatic heterocycles. The van der Waals surface area contributed by atoms with Crippen LogP contribution in [-0.4, -0.2) is 84.4 Å². The minimum Gasteiger partial charge on any atom is -0.472 e. The van der Waals surface area contributed by atoms with E-state index in [1.54, 1.807) is 11.0 Å². The number of carbonyl (C=O) groups is 2. The number of ether oxygens (including phenoxy) is 1. The van der Waals surface area contributed by atoms with Gasteiger partial charge >= 0.3 is 0 Å². The van der Waals surface area contributed by atoms with E-state index < -0.39 is 30.4 Å².